The highest BCUT2D eigenvalue weighted by Gasteiger charge is 2.32. The van der Waals surface area contributed by atoms with Crippen molar-refractivity contribution in [2.45, 2.75) is 31.1 Å². The Morgan fingerprint density at radius 3 is 2.33 bits per heavy atom. The zero-order valence-corrected chi connectivity index (χ0v) is 10.1. The molecular formula is C9H20N2O3S. The highest BCUT2D eigenvalue weighted by Crippen LogP contribution is 2.22. The Labute approximate surface area is 91.3 Å². The van der Waals surface area contributed by atoms with Gasteiger partial charge in [0.15, 0.2) is 9.84 Å². The molecule has 0 saturated carbocycles. The van der Waals surface area contributed by atoms with E-state index in [2.05, 4.69) is 5.43 Å². The van der Waals surface area contributed by atoms with Gasteiger partial charge in [-0.1, -0.05) is 0 Å². The number of ether oxygens (including phenoxy) is 1. The Morgan fingerprint density at radius 2 is 1.93 bits per heavy atom. The lowest BCUT2D eigenvalue weighted by Crippen LogP contribution is -2.51. The molecule has 5 nitrogen and oxygen atoms in total. The molecule has 0 bridgehead atoms. The van der Waals surface area contributed by atoms with E-state index in [0.717, 1.165) is 12.8 Å². The summed E-state index contributed by atoms with van der Waals surface area (Å²) in [6, 6.07) is -0.177. The third-order valence-corrected chi connectivity index (χ3v) is 4.79. The number of hydrogen-bond acceptors (Lipinski definition) is 5. The lowest BCUT2D eigenvalue weighted by atomic mass is 9.90. The van der Waals surface area contributed by atoms with E-state index in [4.69, 9.17) is 10.6 Å². The Balaban J connectivity index is 2.69. The molecule has 3 N–H and O–H groups in total. The summed E-state index contributed by atoms with van der Waals surface area (Å²) in [7, 11) is -3.05. The summed E-state index contributed by atoms with van der Waals surface area (Å²) in [6.45, 7) is 3.09. The molecule has 6 heteroatoms. The molecule has 0 amide bonds. The third kappa shape index (κ3) is 3.41. The van der Waals surface area contributed by atoms with E-state index in [-0.39, 0.29) is 12.0 Å². The molecule has 0 spiro atoms. The standard InChI is InChI=1S/C9H20N2O3S/c1-7(15(2,12)13)9(11-10)8-3-5-14-6-4-8/h7-9,11H,3-6,10H2,1-2H3. The Bertz CT molecular complexity index is 286. The van der Waals surface area contributed by atoms with Gasteiger partial charge in [0.05, 0.1) is 5.25 Å². The summed E-state index contributed by atoms with van der Waals surface area (Å²) < 4.78 is 28.1. The van der Waals surface area contributed by atoms with Crippen molar-refractivity contribution in [1.82, 2.24) is 5.43 Å². The minimum Gasteiger partial charge on any atom is -0.381 e. The number of sulfone groups is 1. The van der Waals surface area contributed by atoms with Crippen LogP contribution in [0.4, 0.5) is 0 Å². The zero-order chi connectivity index (χ0) is 11.5. The Hall–Kier alpha value is -0.170. The average Bonchev–Trinajstić information content (AvgIpc) is 2.19. The predicted molar refractivity (Wildman–Crippen MR) is 59.0 cm³/mol. The van der Waals surface area contributed by atoms with Crippen molar-refractivity contribution >= 4 is 9.84 Å². The quantitative estimate of drug-likeness (QED) is 0.516. The van der Waals surface area contributed by atoms with Crippen LogP contribution >= 0.6 is 0 Å². The highest BCUT2D eigenvalue weighted by molar-refractivity contribution is 7.91. The van der Waals surface area contributed by atoms with E-state index < -0.39 is 15.1 Å². The topological polar surface area (TPSA) is 81.4 Å². The van der Waals surface area contributed by atoms with Gasteiger partial charge in [-0.25, -0.2) is 8.42 Å². The van der Waals surface area contributed by atoms with Crippen LogP contribution in [0.15, 0.2) is 0 Å². The van der Waals surface area contributed by atoms with Gasteiger partial charge in [-0.3, -0.25) is 11.3 Å². The van der Waals surface area contributed by atoms with Crippen LogP contribution in [-0.4, -0.2) is 39.2 Å². The predicted octanol–water partition coefficient (Wildman–Crippen LogP) is -0.322. The molecule has 1 heterocycles. The summed E-state index contributed by atoms with van der Waals surface area (Å²) in [5.74, 6) is 5.73. The van der Waals surface area contributed by atoms with E-state index in [0.29, 0.717) is 13.2 Å². The number of hydrazine groups is 1. The highest BCUT2D eigenvalue weighted by atomic mass is 32.2. The van der Waals surface area contributed by atoms with Crippen molar-refractivity contribution in [2.24, 2.45) is 11.8 Å². The van der Waals surface area contributed by atoms with Gasteiger partial charge >= 0.3 is 0 Å². The minimum absolute atomic E-state index is 0.177. The van der Waals surface area contributed by atoms with Gasteiger partial charge < -0.3 is 4.74 Å². The summed E-state index contributed by atoms with van der Waals surface area (Å²) in [6.07, 6.45) is 2.99. The maximum absolute atomic E-state index is 11.4. The van der Waals surface area contributed by atoms with Crippen molar-refractivity contribution in [3.63, 3.8) is 0 Å². The van der Waals surface area contributed by atoms with Gasteiger partial charge in [0.1, 0.15) is 0 Å². The van der Waals surface area contributed by atoms with Crippen LogP contribution in [0.2, 0.25) is 0 Å². The van der Waals surface area contributed by atoms with Crippen molar-refractivity contribution in [1.29, 1.82) is 0 Å². The Kier molecular flexibility index (Phi) is 4.51. The molecule has 0 aromatic heterocycles. The maximum atomic E-state index is 11.4. The number of hydrogen-bond donors (Lipinski definition) is 2. The molecule has 1 rings (SSSR count). The lowest BCUT2D eigenvalue weighted by Gasteiger charge is -2.32. The van der Waals surface area contributed by atoms with Gasteiger partial charge in [-0.2, -0.15) is 0 Å². The molecule has 1 aliphatic rings. The second-order valence-corrected chi connectivity index (χ2v) is 6.58. The van der Waals surface area contributed by atoms with Crippen molar-refractivity contribution in [3.8, 4) is 0 Å². The summed E-state index contributed by atoms with van der Waals surface area (Å²) in [5, 5.41) is -0.453. The summed E-state index contributed by atoms with van der Waals surface area (Å²) >= 11 is 0. The van der Waals surface area contributed by atoms with Crippen LogP contribution in [0.25, 0.3) is 0 Å². The van der Waals surface area contributed by atoms with E-state index >= 15 is 0 Å². The van der Waals surface area contributed by atoms with Crippen LogP contribution in [0, 0.1) is 5.92 Å². The molecule has 0 aliphatic carbocycles. The smallest absolute Gasteiger partial charge is 0.151 e. The van der Waals surface area contributed by atoms with Crippen molar-refractivity contribution in [2.75, 3.05) is 19.5 Å². The minimum atomic E-state index is -3.05. The van der Waals surface area contributed by atoms with Crippen LogP contribution in [0.1, 0.15) is 19.8 Å². The van der Waals surface area contributed by atoms with Gasteiger partial charge in [0.25, 0.3) is 0 Å². The molecule has 0 aromatic carbocycles. The first-order chi connectivity index (χ1) is 6.96. The van der Waals surface area contributed by atoms with Crippen molar-refractivity contribution < 1.29 is 13.2 Å². The van der Waals surface area contributed by atoms with Crippen LogP contribution in [0.3, 0.4) is 0 Å². The van der Waals surface area contributed by atoms with Gasteiger partial charge in [-0.05, 0) is 25.7 Å². The SMILES string of the molecule is CC(C(NN)C1CCOCC1)S(C)(=O)=O. The first-order valence-electron chi connectivity index (χ1n) is 5.19. The molecular weight excluding hydrogens is 216 g/mol. The fraction of sp³-hybridized carbons (Fsp3) is 1.00. The zero-order valence-electron chi connectivity index (χ0n) is 9.27. The molecule has 1 saturated heterocycles. The maximum Gasteiger partial charge on any atom is 0.151 e. The second-order valence-electron chi connectivity index (χ2n) is 4.18. The van der Waals surface area contributed by atoms with Gasteiger partial charge in [-0.15, -0.1) is 0 Å². The molecule has 15 heavy (non-hydrogen) atoms. The van der Waals surface area contributed by atoms with Gasteiger partial charge in [0, 0.05) is 25.5 Å². The monoisotopic (exact) mass is 236 g/mol. The molecule has 1 aliphatic heterocycles. The van der Waals surface area contributed by atoms with Gasteiger partial charge in [0.2, 0.25) is 0 Å². The second kappa shape index (κ2) is 5.25. The molecule has 2 atom stereocenters. The third-order valence-electron chi connectivity index (χ3n) is 3.15. The first-order valence-corrected chi connectivity index (χ1v) is 7.15. The largest absolute Gasteiger partial charge is 0.381 e. The van der Waals surface area contributed by atoms with E-state index in [1.807, 2.05) is 0 Å². The normalized spacial score (nSPS) is 23.7. The van der Waals surface area contributed by atoms with Crippen LogP contribution in [-0.2, 0) is 14.6 Å². The van der Waals surface area contributed by atoms with E-state index in [1.165, 1.54) is 6.26 Å². The molecule has 0 radical (unpaired) electrons. The fourth-order valence-corrected chi connectivity index (χ4v) is 2.83. The summed E-state index contributed by atoms with van der Waals surface area (Å²) in [4.78, 5) is 0. The van der Waals surface area contributed by atoms with E-state index in [9.17, 15) is 8.42 Å². The fourth-order valence-electron chi connectivity index (χ4n) is 2.00. The van der Waals surface area contributed by atoms with Crippen molar-refractivity contribution in [3.05, 3.63) is 0 Å². The van der Waals surface area contributed by atoms with E-state index in [1.54, 1.807) is 6.92 Å². The first kappa shape index (κ1) is 12.9. The average molecular weight is 236 g/mol. The van der Waals surface area contributed by atoms with Crippen LogP contribution < -0.4 is 11.3 Å². The molecule has 2 unspecified atom stereocenters. The Morgan fingerprint density at radius 1 is 1.40 bits per heavy atom. The lowest BCUT2D eigenvalue weighted by molar-refractivity contribution is 0.0536. The summed E-state index contributed by atoms with van der Waals surface area (Å²) in [5.41, 5.74) is 2.64. The van der Waals surface area contributed by atoms with Crippen LogP contribution in [0.5, 0.6) is 0 Å². The molecule has 90 valence electrons. The number of nitrogens with one attached hydrogen (secondary N) is 1. The molecule has 0 aromatic rings. The molecule has 1 fully saturated rings. The number of rotatable bonds is 4. The number of nitrogens with two attached hydrogens (primary N) is 1.